The summed E-state index contributed by atoms with van der Waals surface area (Å²) in [5.74, 6) is -1.53. The Labute approximate surface area is 123 Å². The highest BCUT2D eigenvalue weighted by Gasteiger charge is 2.47. The van der Waals surface area contributed by atoms with Crippen molar-refractivity contribution < 1.29 is 13.6 Å². The van der Waals surface area contributed by atoms with E-state index in [1.807, 2.05) is 7.05 Å². The number of rotatable bonds is 2. The van der Waals surface area contributed by atoms with Gasteiger partial charge in [-0.15, -0.1) is 0 Å². The second kappa shape index (κ2) is 5.37. The fraction of sp³-hybridized carbons (Fsp3) is 0.562. The average Bonchev–Trinajstić information content (AvgIpc) is 2.82. The van der Waals surface area contributed by atoms with Crippen molar-refractivity contribution in [2.24, 2.45) is 5.41 Å². The first kappa shape index (κ1) is 14.4. The Hall–Kier alpha value is -1.49. The molecule has 1 atom stereocenters. The van der Waals surface area contributed by atoms with Gasteiger partial charge in [0.1, 0.15) is 0 Å². The normalized spacial score (nSPS) is 26.8. The lowest BCUT2D eigenvalue weighted by Crippen LogP contribution is -2.49. The third kappa shape index (κ3) is 2.67. The molecule has 0 aliphatic carbocycles. The topological polar surface area (TPSA) is 23.6 Å². The molecule has 0 radical (unpaired) electrons. The molecule has 2 saturated heterocycles. The summed E-state index contributed by atoms with van der Waals surface area (Å²) in [6.45, 7) is 2.82. The first-order valence-electron chi connectivity index (χ1n) is 7.42. The molecule has 0 saturated carbocycles. The Balaban J connectivity index is 1.76. The van der Waals surface area contributed by atoms with Crippen LogP contribution in [0.15, 0.2) is 18.2 Å². The van der Waals surface area contributed by atoms with E-state index in [-0.39, 0.29) is 11.3 Å². The van der Waals surface area contributed by atoms with Crippen LogP contribution in [0, 0.1) is 17.0 Å². The maximum atomic E-state index is 13.3. The van der Waals surface area contributed by atoms with Crippen LogP contribution in [0.25, 0.3) is 0 Å². The van der Waals surface area contributed by atoms with Crippen molar-refractivity contribution in [3.63, 3.8) is 0 Å². The highest BCUT2D eigenvalue weighted by molar-refractivity contribution is 5.84. The van der Waals surface area contributed by atoms with Crippen LogP contribution in [-0.4, -0.2) is 42.4 Å². The van der Waals surface area contributed by atoms with Crippen LogP contribution in [-0.2, 0) is 11.3 Å². The van der Waals surface area contributed by atoms with E-state index in [0.29, 0.717) is 18.7 Å². The molecule has 0 N–H and O–H groups in total. The summed E-state index contributed by atoms with van der Waals surface area (Å²) in [5.41, 5.74) is 0.386. The molecule has 0 bridgehead atoms. The van der Waals surface area contributed by atoms with E-state index in [9.17, 15) is 13.6 Å². The van der Waals surface area contributed by atoms with Crippen LogP contribution in [0.5, 0.6) is 0 Å². The molecular formula is C16H20F2N2O. The van der Waals surface area contributed by atoms with Crippen molar-refractivity contribution in [1.82, 2.24) is 9.80 Å². The molecule has 2 aliphatic rings. The lowest BCUT2D eigenvalue weighted by Gasteiger charge is -2.39. The van der Waals surface area contributed by atoms with E-state index in [1.165, 1.54) is 6.07 Å². The third-order valence-electron chi connectivity index (χ3n) is 4.73. The fourth-order valence-electron chi connectivity index (χ4n) is 3.62. The van der Waals surface area contributed by atoms with Crippen molar-refractivity contribution in [2.75, 3.05) is 26.7 Å². The van der Waals surface area contributed by atoms with Crippen LogP contribution in [0.3, 0.4) is 0 Å². The number of benzene rings is 1. The Kier molecular flexibility index (Phi) is 3.69. The summed E-state index contributed by atoms with van der Waals surface area (Å²) < 4.78 is 26.3. The summed E-state index contributed by atoms with van der Waals surface area (Å²) >= 11 is 0. The lowest BCUT2D eigenvalue weighted by molar-refractivity contribution is -0.146. The molecule has 1 aromatic carbocycles. The van der Waals surface area contributed by atoms with Crippen molar-refractivity contribution in [3.8, 4) is 0 Å². The Morgan fingerprint density at radius 1 is 1.19 bits per heavy atom. The van der Waals surface area contributed by atoms with Crippen molar-refractivity contribution >= 4 is 5.91 Å². The molecule has 1 aromatic rings. The molecule has 0 aromatic heterocycles. The second-order valence-electron chi connectivity index (χ2n) is 6.35. The highest BCUT2D eigenvalue weighted by atomic mass is 19.2. The number of hydrogen-bond donors (Lipinski definition) is 0. The predicted molar refractivity (Wildman–Crippen MR) is 75.6 cm³/mol. The highest BCUT2D eigenvalue weighted by Crippen LogP contribution is 2.39. The van der Waals surface area contributed by atoms with Crippen LogP contribution in [0.1, 0.15) is 24.8 Å². The molecule has 21 heavy (non-hydrogen) atoms. The molecule has 2 aliphatic heterocycles. The first-order chi connectivity index (χ1) is 10.00. The van der Waals surface area contributed by atoms with Gasteiger partial charge in [-0.05, 0) is 50.6 Å². The van der Waals surface area contributed by atoms with Gasteiger partial charge in [-0.3, -0.25) is 4.79 Å². The standard InChI is InChI=1S/C16H20F2N2O/c1-19-8-6-16(11-19)5-2-7-20(15(16)21)10-12-3-4-13(17)14(18)9-12/h3-4,9H,2,5-8,10-11H2,1H3/t16-/m0/s1. The number of nitrogens with zero attached hydrogens (tertiary/aromatic N) is 2. The van der Waals surface area contributed by atoms with Gasteiger partial charge in [0.15, 0.2) is 11.6 Å². The summed E-state index contributed by atoms with van der Waals surface area (Å²) in [4.78, 5) is 16.8. The molecule has 2 heterocycles. The Morgan fingerprint density at radius 3 is 2.67 bits per heavy atom. The lowest BCUT2D eigenvalue weighted by atomic mass is 9.78. The van der Waals surface area contributed by atoms with Gasteiger partial charge in [-0.1, -0.05) is 6.07 Å². The van der Waals surface area contributed by atoms with Gasteiger partial charge in [0.2, 0.25) is 5.91 Å². The molecule has 3 rings (SSSR count). The molecule has 3 nitrogen and oxygen atoms in total. The second-order valence-corrected chi connectivity index (χ2v) is 6.35. The molecule has 114 valence electrons. The van der Waals surface area contributed by atoms with Crippen molar-refractivity contribution in [3.05, 3.63) is 35.4 Å². The minimum atomic E-state index is -0.854. The summed E-state index contributed by atoms with van der Waals surface area (Å²) in [7, 11) is 2.04. The number of carbonyl (C=O) groups excluding carboxylic acids is 1. The fourth-order valence-corrected chi connectivity index (χ4v) is 3.62. The zero-order valence-electron chi connectivity index (χ0n) is 12.2. The van der Waals surface area contributed by atoms with Crippen LogP contribution in [0.4, 0.5) is 8.78 Å². The molecule has 0 unspecified atom stereocenters. The Bertz CT molecular complexity index is 559. The smallest absolute Gasteiger partial charge is 0.230 e. The van der Waals surface area contributed by atoms with Gasteiger partial charge in [0.25, 0.3) is 0 Å². The zero-order valence-corrected chi connectivity index (χ0v) is 12.2. The van der Waals surface area contributed by atoms with E-state index < -0.39 is 11.6 Å². The molecule has 1 amide bonds. The van der Waals surface area contributed by atoms with Gasteiger partial charge in [0, 0.05) is 19.6 Å². The molecular weight excluding hydrogens is 274 g/mol. The predicted octanol–water partition coefficient (Wildman–Crippen LogP) is 2.41. The largest absolute Gasteiger partial charge is 0.338 e. The van der Waals surface area contributed by atoms with Crippen LogP contribution < -0.4 is 0 Å². The van der Waals surface area contributed by atoms with Crippen LogP contribution >= 0.6 is 0 Å². The van der Waals surface area contributed by atoms with Crippen LogP contribution in [0.2, 0.25) is 0 Å². The summed E-state index contributed by atoms with van der Waals surface area (Å²) in [5, 5.41) is 0. The molecule has 2 fully saturated rings. The van der Waals surface area contributed by atoms with Gasteiger partial charge >= 0.3 is 0 Å². The van der Waals surface area contributed by atoms with E-state index in [2.05, 4.69) is 4.90 Å². The molecule has 5 heteroatoms. The Morgan fingerprint density at radius 2 is 2.00 bits per heavy atom. The van der Waals surface area contributed by atoms with Gasteiger partial charge in [0.05, 0.1) is 5.41 Å². The SMILES string of the molecule is CN1CC[C@@]2(CCCN(Cc3ccc(F)c(F)c3)C2=O)C1. The number of carbonyl (C=O) groups is 1. The minimum Gasteiger partial charge on any atom is -0.338 e. The monoisotopic (exact) mass is 294 g/mol. The summed E-state index contributed by atoms with van der Waals surface area (Å²) in [6, 6.07) is 3.86. The summed E-state index contributed by atoms with van der Waals surface area (Å²) in [6.07, 6.45) is 2.81. The first-order valence-corrected chi connectivity index (χ1v) is 7.42. The average molecular weight is 294 g/mol. The van der Waals surface area contributed by atoms with Gasteiger partial charge in [-0.2, -0.15) is 0 Å². The van der Waals surface area contributed by atoms with E-state index in [4.69, 9.17) is 0 Å². The van der Waals surface area contributed by atoms with Crippen molar-refractivity contribution in [2.45, 2.75) is 25.8 Å². The number of piperidine rings is 1. The van der Waals surface area contributed by atoms with E-state index in [0.717, 1.165) is 38.4 Å². The number of halogens is 2. The van der Waals surface area contributed by atoms with Gasteiger partial charge < -0.3 is 9.80 Å². The third-order valence-corrected chi connectivity index (χ3v) is 4.73. The zero-order chi connectivity index (χ0) is 15.0. The minimum absolute atomic E-state index is 0.169. The van der Waals surface area contributed by atoms with E-state index in [1.54, 1.807) is 11.0 Å². The number of likely N-dealkylation sites (tertiary alicyclic amines) is 2. The number of amides is 1. The quantitative estimate of drug-likeness (QED) is 0.836. The number of hydrogen-bond acceptors (Lipinski definition) is 2. The maximum absolute atomic E-state index is 13.3. The maximum Gasteiger partial charge on any atom is 0.230 e. The van der Waals surface area contributed by atoms with Crippen molar-refractivity contribution in [1.29, 1.82) is 0 Å². The van der Waals surface area contributed by atoms with E-state index >= 15 is 0 Å². The molecule has 1 spiro atoms. The van der Waals surface area contributed by atoms with Gasteiger partial charge in [-0.25, -0.2) is 8.78 Å².